The van der Waals surface area contributed by atoms with Crippen LogP contribution in [0.15, 0.2) is 24.4 Å². The van der Waals surface area contributed by atoms with Gasteiger partial charge in [-0.25, -0.2) is 4.68 Å². The number of nitriles is 1. The quantitative estimate of drug-likeness (QED) is 0.807. The molecule has 2 aromatic rings. The number of hydrogen-bond donors (Lipinski definition) is 2. The predicted molar refractivity (Wildman–Crippen MR) is 65.9 cm³/mol. The van der Waals surface area contributed by atoms with E-state index in [9.17, 15) is 4.79 Å². The van der Waals surface area contributed by atoms with Crippen LogP contribution in [0, 0.1) is 18.3 Å². The molecule has 0 spiro atoms. The SMILES string of the molecule is Cc1ccc(-n2cc(N)c(C(N)=O)n2)c(C#N)c1. The number of nitrogens with zero attached hydrogens (tertiary/aromatic N) is 3. The Kier molecular flexibility index (Phi) is 2.73. The van der Waals surface area contributed by atoms with E-state index in [4.69, 9.17) is 16.7 Å². The van der Waals surface area contributed by atoms with Crippen LogP contribution in [0.4, 0.5) is 5.69 Å². The molecule has 0 fully saturated rings. The summed E-state index contributed by atoms with van der Waals surface area (Å²) in [7, 11) is 0. The molecule has 0 aliphatic carbocycles. The Morgan fingerprint density at radius 1 is 1.50 bits per heavy atom. The number of aryl methyl sites for hydroxylation is 1. The van der Waals surface area contributed by atoms with Crippen LogP contribution in [-0.4, -0.2) is 15.7 Å². The summed E-state index contributed by atoms with van der Waals surface area (Å²) in [6.45, 7) is 1.89. The van der Waals surface area contributed by atoms with Crippen LogP contribution in [0.25, 0.3) is 5.69 Å². The number of primary amides is 1. The number of nitrogen functional groups attached to an aromatic ring is 1. The van der Waals surface area contributed by atoms with Gasteiger partial charge in [0.1, 0.15) is 6.07 Å². The second-order valence-electron chi connectivity index (χ2n) is 3.87. The smallest absolute Gasteiger partial charge is 0.271 e. The summed E-state index contributed by atoms with van der Waals surface area (Å²) in [5.74, 6) is -0.697. The van der Waals surface area contributed by atoms with Crippen LogP contribution in [-0.2, 0) is 0 Å². The highest BCUT2D eigenvalue weighted by Crippen LogP contribution is 2.18. The molecule has 4 N–H and O–H groups in total. The topological polar surface area (TPSA) is 111 Å². The van der Waals surface area contributed by atoms with Gasteiger partial charge in [-0.15, -0.1) is 0 Å². The zero-order chi connectivity index (χ0) is 13.3. The van der Waals surface area contributed by atoms with Gasteiger partial charge >= 0.3 is 0 Å². The van der Waals surface area contributed by atoms with Crippen molar-refractivity contribution in [1.82, 2.24) is 9.78 Å². The van der Waals surface area contributed by atoms with Crippen molar-refractivity contribution in [2.24, 2.45) is 5.73 Å². The number of aromatic nitrogens is 2. The van der Waals surface area contributed by atoms with Gasteiger partial charge < -0.3 is 11.5 Å². The lowest BCUT2D eigenvalue weighted by Crippen LogP contribution is -2.14. The summed E-state index contributed by atoms with van der Waals surface area (Å²) >= 11 is 0. The van der Waals surface area contributed by atoms with Crippen molar-refractivity contribution in [2.75, 3.05) is 5.73 Å². The van der Waals surface area contributed by atoms with Crippen molar-refractivity contribution >= 4 is 11.6 Å². The number of carbonyl (C=O) groups excluding carboxylic acids is 1. The summed E-state index contributed by atoms with van der Waals surface area (Å²) in [5.41, 5.74) is 12.9. The monoisotopic (exact) mass is 241 g/mol. The third kappa shape index (κ3) is 1.89. The number of amides is 1. The maximum atomic E-state index is 11.1. The number of benzene rings is 1. The first-order valence-electron chi connectivity index (χ1n) is 5.19. The molecule has 1 heterocycles. The number of anilines is 1. The maximum Gasteiger partial charge on any atom is 0.271 e. The Labute approximate surface area is 103 Å². The predicted octanol–water partition coefficient (Wildman–Crippen LogP) is 0.733. The van der Waals surface area contributed by atoms with Crippen LogP contribution in [0.3, 0.4) is 0 Å². The van der Waals surface area contributed by atoms with Gasteiger partial charge in [-0.3, -0.25) is 4.79 Å². The molecule has 1 aromatic heterocycles. The number of carbonyl (C=O) groups is 1. The largest absolute Gasteiger partial charge is 0.396 e. The van der Waals surface area contributed by atoms with E-state index in [0.29, 0.717) is 11.3 Å². The van der Waals surface area contributed by atoms with Crippen molar-refractivity contribution < 1.29 is 4.79 Å². The van der Waals surface area contributed by atoms with Crippen molar-refractivity contribution in [3.8, 4) is 11.8 Å². The summed E-state index contributed by atoms with van der Waals surface area (Å²) in [5, 5.41) is 13.1. The maximum absolute atomic E-state index is 11.1. The molecule has 0 atom stereocenters. The highest BCUT2D eigenvalue weighted by molar-refractivity contribution is 5.95. The van der Waals surface area contributed by atoms with Gasteiger partial charge in [-0.05, 0) is 24.6 Å². The minimum absolute atomic E-state index is 0.000496. The van der Waals surface area contributed by atoms with Crippen LogP contribution in [0.5, 0.6) is 0 Å². The lowest BCUT2D eigenvalue weighted by Gasteiger charge is -2.04. The standard InChI is InChI=1S/C12H11N5O/c1-7-2-3-10(8(4-7)5-13)17-6-9(14)11(16-17)12(15)18/h2-4,6H,14H2,1H3,(H2,15,18). The molecule has 6 heteroatoms. The molecule has 90 valence electrons. The van der Waals surface area contributed by atoms with Crippen molar-refractivity contribution in [3.63, 3.8) is 0 Å². The first-order valence-corrected chi connectivity index (χ1v) is 5.19. The van der Waals surface area contributed by atoms with Crippen LogP contribution in [0.1, 0.15) is 21.6 Å². The van der Waals surface area contributed by atoms with Crippen molar-refractivity contribution in [3.05, 3.63) is 41.2 Å². The van der Waals surface area contributed by atoms with Crippen molar-refractivity contribution in [1.29, 1.82) is 5.26 Å². The molecule has 1 aromatic carbocycles. The molecule has 18 heavy (non-hydrogen) atoms. The fourth-order valence-electron chi connectivity index (χ4n) is 1.64. The van der Waals surface area contributed by atoms with E-state index in [2.05, 4.69) is 11.2 Å². The first-order chi connectivity index (χ1) is 8.52. The van der Waals surface area contributed by atoms with Crippen LogP contribution < -0.4 is 11.5 Å². The fraction of sp³-hybridized carbons (Fsp3) is 0.0833. The van der Waals surface area contributed by atoms with Gasteiger partial charge in [0.25, 0.3) is 5.91 Å². The Hall–Kier alpha value is -2.81. The highest BCUT2D eigenvalue weighted by atomic mass is 16.1. The summed E-state index contributed by atoms with van der Waals surface area (Å²) < 4.78 is 1.38. The second kappa shape index (κ2) is 4.22. The van der Waals surface area contributed by atoms with Gasteiger partial charge in [-0.1, -0.05) is 6.07 Å². The number of hydrogen-bond acceptors (Lipinski definition) is 4. The molecule has 0 aliphatic rings. The fourth-order valence-corrected chi connectivity index (χ4v) is 1.64. The van der Waals surface area contributed by atoms with Gasteiger partial charge in [-0.2, -0.15) is 10.4 Å². The first kappa shape index (κ1) is 11.7. The average molecular weight is 241 g/mol. The number of nitrogens with two attached hydrogens (primary N) is 2. The van der Waals surface area contributed by atoms with Gasteiger partial charge in [0.15, 0.2) is 5.69 Å². The molecule has 2 rings (SSSR count). The molecule has 0 saturated heterocycles. The Morgan fingerprint density at radius 2 is 2.22 bits per heavy atom. The van der Waals surface area contributed by atoms with Crippen molar-refractivity contribution in [2.45, 2.75) is 6.92 Å². The van der Waals surface area contributed by atoms with E-state index < -0.39 is 5.91 Å². The lowest BCUT2D eigenvalue weighted by atomic mass is 10.1. The summed E-state index contributed by atoms with van der Waals surface area (Å²) in [4.78, 5) is 11.1. The Bertz CT molecular complexity index is 666. The normalized spacial score (nSPS) is 10.0. The van der Waals surface area contributed by atoms with Crippen LogP contribution in [0.2, 0.25) is 0 Å². The van der Waals surface area contributed by atoms with Gasteiger partial charge in [0, 0.05) is 0 Å². The average Bonchev–Trinajstić information content (AvgIpc) is 2.71. The molecular weight excluding hydrogens is 230 g/mol. The van der Waals surface area contributed by atoms with E-state index in [-0.39, 0.29) is 11.4 Å². The number of rotatable bonds is 2. The minimum atomic E-state index is -0.697. The van der Waals surface area contributed by atoms with E-state index in [1.54, 1.807) is 12.1 Å². The van der Waals surface area contributed by atoms with E-state index in [1.165, 1.54) is 10.9 Å². The summed E-state index contributed by atoms with van der Waals surface area (Å²) in [6, 6.07) is 7.39. The zero-order valence-corrected chi connectivity index (χ0v) is 9.71. The van der Waals surface area contributed by atoms with Crippen LogP contribution >= 0.6 is 0 Å². The van der Waals surface area contributed by atoms with E-state index >= 15 is 0 Å². The molecule has 0 unspecified atom stereocenters. The molecule has 0 saturated carbocycles. The third-order valence-corrected chi connectivity index (χ3v) is 2.50. The minimum Gasteiger partial charge on any atom is -0.396 e. The second-order valence-corrected chi connectivity index (χ2v) is 3.87. The molecule has 0 radical (unpaired) electrons. The Balaban J connectivity index is 2.60. The third-order valence-electron chi connectivity index (χ3n) is 2.50. The van der Waals surface area contributed by atoms with E-state index in [1.807, 2.05) is 13.0 Å². The molecular formula is C12H11N5O. The molecule has 0 bridgehead atoms. The van der Waals surface area contributed by atoms with E-state index in [0.717, 1.165) is 5.56 Å². The zero-order valence-electron chi connectivity index (χ0n) is 9.71. The molecule has 6 nitrogen and oxygen atoms in total. The Morgan fingerprint density at radius 3 is 2.78 bits per heavy atom. The lowest BCUT2D eigenvalue weighted by molar-refractivity contribution is 0.0996. The molecule has 1 amide bonds. The molecule has 0 aliphatic heterocycles. The van der Waals surface area contributed by atoms with Gasteiger partial charge in [0.05, 0.1) is 23.1 Å². The highest BCUT2D eigenvalue weighted by Gasteiger charge is 2.14. The van der Waals surface area contributed by atoms with Gasteiger partial charge in [0.2, 0.25) is 0 Å². The summed E-state index contributed by atoms with van der Waals surface area (Å²) in [6.07, 6.45) is 1.46.